The van der Waals surface area contributed by atoms with Crippen molar-refractivity contribution in [3.63, 3.8) is 0 Å². The van der Waals surface area contributed by atoms with E-state index < -0.39 is 0 Å². The van der Waals surface area contributed by atoms with Gasteiger partial charge in [0.05, 0.1) is 0 Å². The predicted molar refractivity (Wildman–Crippen MR) is 68.5 cm³/mol. The van der Waals surface area contributed by atoms with Crippen LogP contribution in [0.15, 0.2) is 10.9 Å². The third kappa shape index (κ3) is 2.85. The van der Waals surface area contributed by atoms with Crippen LogP contribution in [0.25, 0.3) is 0 Å². The van der Waals surface area contributed by atoms with Gasteiger partial charge in [0.15, 0.2) is 0 Å². The van der Waals surface area contributed by atoms with Crippen LogP contribution in [-0.2, 0) is 0 Å². The van der Waals surface area contributed by atoms with Crippen molar-refractivity contribution >= 4 is 5.82 Å². The van der Waals surface area contributed by atoms with Gasteiger partial charge >= 0.3 is 0 Å². The Morgan fingerprint density at radius 1 is 1.53 bits per heavy atom. The SMILES string of the molecule is CC(C)c1nc(NC2(C)CCNC2)cc(=O)[nH]1. The van der Waals surface area contributed by atoms with Crippen LogP contribution in [0.4, 0.5) is 5.82 Å². The first-order chi connectivity index (χ1) is 7.98. The van der Waals surface area contributed by atoms with Gasteiger partial charge in [-0.15, -0.1) is 0 Å². The van der Waals surface area contributed by atoms with Gasteiger partial charge < -0.3 is 15.6 Å². The molecule has 1 atom stereocenters. The van der Waals surface area contributed by atoms with Gasteiger partial charge in [-0.25, -0.2) is 4.98 Å². The summed E-state index contributed by atoms with van der Waals surface area (Å²) in [6.07, 6.45) is 1.04. The Balaban J connectivity index is 2.23. The zero-order chi connectivity index (χ0) is 12.5. The van der Waals surface area contributed by atoms with E-state index in [1.54, 1.807) is 0 Å². The number of nitrogens with one attached hydrogen (secondary N) is 3. The molecule has 0 amide bonds. The second kappa shape index (κ2) is 4.49. The molecule has 94 valence electrons. The summed E-state index contributed by atoms with van der Waals surface area (Å²) in [6.45, 7) is 8.08. The molecular formula is C12H20N4O. The van der Waals surface area contributed by atoms with Crippen molar-refractivity contribution in [3.05, 3.63) is 22.2 Å². The molecule has 0 spiro atoms. The van der Waals surface area contributed by atoms with Crippen molar-refractivity contribution < 1.29 is 0 Å². The first-order valence-electron chi connectivity index (χ1n) is 6.09. The number of hydrogen-bond acceptors (Lipinski definition) is 4. The fraction of sp³-hybridized carbons (Fsp3) is 0.667. The Labute approximate surface area is 101 Å². The van der Waals surface area contributed by atoms with E-state index in [1.165, 1.54) is 6.07 Å². The summed E-state index contributed by atoms with van der Waals surface area (Å²) in [5.41, 5.74) is -0.101. The Hall–Kier alpha value is -1.36. The molecule has 1 aliphatic heterocycles. The van der Waals surface area contributed by atoms with E-state index in [4.69, 9.17) is 0 Å². The number of H-pyrrole nitrogens is 1. The van der Waals surface area contributed by atoms with Gasteiger partial charge in [0.25, 0.3) is 5.56 Å². The summed E-state index contributed by atoms with van der Waals surface area (Å²) < 4.78 is 0. The Bertz CT molecular complexity index is 446. The summed E-state index contributed by atoms with van der Waals surface area (Å²) in [5.74, 6) is 1.62. The lowest BCUT2D eigenvalue weighted by atomic mass is 10.0. The van der Waals surface area contributed by atoms with E-state index in [0.29, 0.717) is 5.82 Å². The number of rotatable bonds is 3. The molecule has 0 aromatic carbocycles. The first-order valence-corrected chi connectivity index (χ1v) is 6.09. The average Bonchev–Trinajstić information content (AvgIpc) is 2.63. The third-order valence-corrected chi connectivity index (χ3v) is 3.11. The van der Waals surface area contributed by atoms with Crippen molar-refractivity contribution in [2.24, 2.45) is 0 Å². The maximum Gasteiger partial charge on any atom is 0.252 e. The van der Waals surface area contributed by atoms with Crippen molar-refractivity contribution in [1.82, 2.24) is 15.3 Å². The summed E-state index contributed by atoms with van der Waals surface area (Å²) >= 11 is 0. The van der Waals surface area contributed by atoms with Crippen LogP contribution in [0.3, 0.4) is 0 Å². The van der Waals surface area contributed by atoms with E-state index >= 15 is 0 Å². The molecule has 5 heteroatoms. The maximum absolute atomic E-state index is 11.5. The zero-order valence-electron chi connectivity index (χ0n) is 10.6. The molecule has 0 bridgehead atoms. The molecular weight excluding hydrogens is 216 g/mol. The molecule has 17 heavy (non-hydrogen) atoms. The molecule has 0 radical (unpaired) electrons. The van der Waals surface area contributed by atoms with E-state index in [9.17, 15) is 4.79 Å². The second-order valence-electron chi connectivity index (χ2n) is 5.28. The molecule has 1 saturated heterocycles. The highest BCUT2D eigenvalue weighted by molar-refractivity contribution is 5.37. The summed E-state index contributed by atoms with van der Waals surface area (Å²) in [6, 6.07) is 1.52. The van der Waals surface area contributed by atoms with Gasteiger partial charge in [-0.05, 0) is 19.9 Å². The van der Waals surface area contributed by atoms with Crippen LogP contribution in [0.2, 0.25) is 0 Å². The minimum atomic E-state index is -0.0965. The highest BCUT2D eigenvalue weighted by atomic mass is 16.1. The first kappa shape index (κ1) is 12.1. The van der Waals surface area contributed by atoms with Crippen molar-refractivity contribution in [3.8, 4) is 0 Å². The van der Waals surface area contributed by atoms with E-state index in [-0.39, 0.29) is 17.0 Å². The van der Waals surface area contributed by atoms with E-state index in [2.05, 4.69) is 27.5 Å². The molecule has 3 N–H and O–H groups in total. The molecule has 1 aromatic heterocycles. The number of hydrogen-bond donors (Lipinski definition) is 3. The number of aromatic amines is 1. The smallest absolute Gasteiger partial charge is 0.252 e. The molecule has 5 nitrogen and oxygen atoms in total. The minimum Gasteiger partial charge on any atom is -0.363 e. The molecule has 1 aromatic rings. The highest BCUT2D eigenvalue weighted by Crippen LogP contribution is 2.19. The van der Waals surface area contributed by atoms with Gasteiger partial charge in [0.2, 0.25) is 0 Å². The zero-order valence-corrected chi connectivity index (χ0v) is 10.6. The molecule has 2 rings (SSSR count). The highest BCUT2D eigenvalue weighted by Gasteiger charge is 2.28. The lowest BCUT2D eigenvalue weighted by Gasteiger charge is -2.25. The van der Waals surface area contributed by atoms with Gasteiger partial charge in [-0.2, -0.15) is 0 Å². The Morgan fingerprint density at radius 2 is 2.29 bits per heavy atom. The van der Waals surface area contributed by atoms with Gasteiger partial charge in [0.1, 0.15) is 11.6 Å². The fourth-order valence-corrected chi connectivity index (χ4v) is 2.05. The van der Waals surface area contributed by atoms with Crippen molar-refractivity contribution in [1.29, 1.82) is 0 Å². The third-order valence-electron chi connectivity index (χ3n) is 3.11. The van der Waals surface area contributed by atoms with Crippen LogP contribution in [0.5, 0.6) is 0 Å². The number of nitrogens with zero attached hydrogens (tertiary/aromatic N) is 1. The van der Waals surface area contributed by atoms with Gasteiger partial charge in [-0.1, -0.05) is 13.8 Å². The summed E-state index contributed by atoms with van der Waals surface area (Å²) in [7, 11) is 0. The summed E-state index contributed by atoms with van der Waals surface area (Å²) in [4.78, 5) is 18.8. The lowest BCUT2D eigenvalue weighted by Crippen LogP contribution is -2.37. The van der Waals surface area contributed by atoms with E-state index in [0.717, 1.165) is 25.3 Å². The molecule has 1 fully saturated rings. The second-order valence-corrected chi connectivity index (χ2v) is 5.28. The lowest BCUT2D eigenvalue weighted by molar-refractivity contribution is 0.562. The normalized spacial score (nSPS) is 24.2. The fourth-order valence-electron chi connectivity index (χ4n) is 2.05. The van der Waals surface area contributed by atoms with Crippen LogP contribution in [0, 0.1) is 0 Å². The molecule has 1 aliphatic rings. The molecule has 0 saturated carbocycles. The number of anilines is 1. The standard InChI is InChI=1S/C12H20N4O/c1-8(2)11-14-9(6-10(17)15-11)16-12(3)4-5-13-7-12/h6,8,13H,4-5,7H2,1-3H3,(H2,14,15,16,17). The largest absolute Gasteiger partial charge is 0.363 e. The maximum atomic E-state index is 11.5. The summed E-state index contributed by atoms with van der Waals surface area (Å²) in [5, 5.41) is 6.67. The molecule has 0 aliphatic carbocycles. The predicted octanol–water partition coefficient (Wildman–Crippen LogP) is 1.06. The van der Waals surface area contributed by atoms with Crippen LogP contribution in [0.1, 0.15) is 38.9 Å². The van der Waals surface area contributed by atoms with Gasteiger partial charge in [-0.3, -0.25) is 4.79 Å². The van der Waals surface area contributed by atoms with Gasteiger partial charge in [0, 0.05) is 24.1 Å². The van der Waals surface area contributed by atoms with Crippen LogP contribution < -0.4 is 16.2 Å². The monoisotopic (exact) mass is 236 g/mol. The molecule has 2 heterocycles. The average molecular weight is 236 g/mol. The number of aromatic nitrogens is 2. The molecule has 1 unspecified atom stereocenters. The van der Waals surface area contributed by atoms with Crippen LogP contribution in [-0.4, -0.2) is 28.6 Å². The Kier molecular flexibility index (Phi) is 3.19. The Morgan fingerprint density at radius 3 is 2.88 bits per heavy atom. The minimum absolute atomic E-state index is 0.00492. The van der Waals surface area contributed by atoms with Crippen LogP contribution >= 0.6 is 0 Å². The van der Waals surface area contributed by atoms with E-state index in [1.807, 2.05) is 13.8 Å². The van der Waals surface area contributed by atoms with Crippen molar-refractivity contribution in [2.75, 3.05) is 18.4 Å². The topological polar surface area (TPSA) is 69.8 Å². The quantitative estimate of drug-likeness (QED) is 0.734. The van der Waals surface area contributed by atoms with Crippen molar-refractivity contribution in [2.45, 2.75) is 38.6 Å².